The third-order valence-corrected chi connectivity index (χ3v) is 3.17. The Bertz CT molecular complexity index is 410. The second-order valence-corrected chi connectivity index (χ2v) is 5.34. The highest BCUT2D eigenvalue weighted by atomic mass is 31.2. The first kappa shape index (κ1) is 12.9. The van der Waals surface area contributed by atoms with Crippen molar-refractivity contribution in [3.8, 4) is 5.75 Å². The summed E-state index contributed by atoms with van der Waals surface area (Å²) in [7, 11) is -3.04. The number of Topliss-reactive ketones (excluding diaryl/α,β-unsaturated/α-hetero) is 1. The van der Waals surface area contributed by atoms with Gasteiger partial charge in [-0.25, -0.2) is 4.57 Å². The Morgan fingerprint density at radius 1 is 1.31 bits per heavy atom. The molecule has 0 aliphatic heterocycles. The first-order valence-electron chi connectivity index (χ1n) is 4.97. The van der Waals surface area contributed by atoms with Crippen molar-refractivity contribution in [3.63, 3.8) is 0 Å². The Balaban J connectivity index is 2.76. The molecule has 0 radical (unpaired) electrons. The van der Waals surface area contributed by atoms with E-state index in [1.54, 1.807) is 31.2 Å². The Kier molecular flexibility index (Phi) is 4.27. The van der Waals surface area contributed by atoms with E-state index in [4.69, 9.17) is 9.05 Å². The van der Waals surface area contributed by atoms with E-state index >= 15 is 0 Å². The molecule has 0 fully saturated rings. The highest BCUT2D eigenvalue weighted by Gasteiger charge is 2.17. The average Bonchev–Trinajstić information content (AvgIpc) is 2.17. The van der Waals surface area contributed by atoms with Gasteiger partial charge in [0.25, 0.3) is 0 Å². The van der Waals surface area contributed by atoms with Crippen LogP contribution in [0.15, 0.2) is 24.3 Å². The van der Waals surface area contributed by atoms with Crippen LogP contribution in [0.25, 0.3) is 0 Å². The molecule has 0 aromatic heterocycles. The maximum Gasteiger partial charge on any atom is 0.376 e. The van der Waals surface area contributed by atoms with Gasteiger partial charge in [-0.1, -0.05) is 0 Å². The van der Waals surface area contributed by atoms with E-state index in [0.717, 1.165) is 0 Å². The topological polar surface area (TPSA) is 52.6 Å². The minimum Gasteiger partial charge on any atom is -0.425 e. The minimum absolute atomic E-state index is 0.0176. The first-order chi connectivity index (χ1) is 7.44. The largest absolute Gasteiger partial charge is 0.425 e. The van der Waals surface area contributed by atoms with Gasteiger partial charge in [0.15, 0.2) is 5.78 Å². The summed E-state index contributed by atoms with van der Waals surface area (Å²) in [6.45, 7) is 4.98. The molecule has 0 spiro atoms. The fourth-order valence-corrected chi connectivity index (χ4v) is 2.23. The molecule has 4 nitrogen and oxygen atoms in total. The number of carbonyl (C=O) groups excluding carboxylic acids is 1. The van der Waals surface area contributed by atoms with E-state index in [-0.39, 0.29) is 5.78 Å². The van der Waals surface area contributed by atoms with E-state index in [2.05, 4.69) is 0 Å². The number of hydrogen-bond donors (Lipinski definition) is 0. The highest BCUT2D eigenvalue weighted by Crippen LogP contribution is 2.44. The monoisotopic (exact) mass is 242 g/mol. The average molecular weight is 242 g/mol. The molecule has 0 amide bonds. The summed E-state index contributed by atoms with van der Waals surface area (Å²) in [5.41, 5.74) is 0.592. The molecule has 5 heteroatoms. The quantitative estimate of drug-likeness (QED) is 0.588. The molecule has 0 N–H and O–H groups in total. The van der Waals surface area contributed by atoms with Crippen LogP contribution in [0.4, 0.5) is 0 Å². The third-order valence-electron chi connectivity index (χ3n) is 1.90. The number of carbonyl (C=O) groups is 1. The fourth-order valence-electron chi connectivity index (χ4n) is 1.20. The Labute approximate surface area is 95.1 Å². The fraction of sp³-hybridized carbons (Fsp3) is 0.364. The SMILES string of the molecule is CCOP(C)(=O)Oc1ccc(C(C)=O)cc1. The Morgan fingerprint density at radius 3 is 2.31 bits per heavy atom. The summed E-state index contributed by atoms with van der Waals surface area (Å²) in [4.78, 5) is 11.0. The summed E-state index contributed by atoms with van der Waals surface area (Å²) in [5, 5.41) is 0. The molecule has 1 unspecified atom stereocenters. The molecule has 0 aliphatic rings. The lowest BCUT2D eigenvalue weighted by Gasteiger charge is -2.14. The van der Waals surface area contributed by atoms with Crippen LogP contribution in [0.1, 0.15) is 24.2 Å². The molecule has 0 saturated heterocycles. The van der Waals surface area contributed by atoms with E-state index in [1.165, 1.54) is 13.6 Å². The van der Waals surface area contributed by atoms with Crippen molar-refractivity contribution in [2.75, 3.05) is 13.3 Å². The molecule has 1 aromatic rings. The van der Waals surface area contributed by atoms with Crippen molar-refractivity contribution in [2.24, 2.45) is 0 Å². The summed E-state index contributed by atoms with van der Waals surface area (Å²) < 4.78 is 21.9. The van der Waals surface area contributed by atoms with Crippen LogP contribution in [0.3, 0.4) is 0 Å². The molecule has 1 aromatic carbocycles. The van der Waals surface area contributed by atoms with Crippen LogP contribution >= 0.6 is 7.60 Å². The lowest BCUT2D eigenvalue weighted by atomic mass is 10.1. The summed E-state index contributed by atoms with van der Waals surface area (Å²) in [6.07, 6.45) is 0. The molecule has 1 rings (SSSR count). The number of ketones is 1. The van der Waals surface area contributed by atoms with Gasteiger partial charge in [0, 0.05) is 12.2 Å². The zero-order valence-electron chi connectivity index (χ0n) is 9.60. The van der Waals surface area contributed by atoms with Crippen molar-refractivity contribution < 1.29 is 18.4 Å². The minimum atomic E-state index is -3.04. The van der Waals surface area contributed by atoms with Crippen LogP contribution in [0.5, 0.6) is 5.75 Å². The zero-order valence-corrected chi connectivity index (χ0v) is 10.5. The van der Waals surface area contributed by atoms with Crippen molar-refractivity contribution in [1.29, 1.82) is 0 Å². The number of hydrogen-bond acceptors (Lipinski definition) is 4. The lowest BCUT2D eigenvalue weighted by Crippen LogP contribution is -1.97. The van der Waals surface area contributed by atoms with Gasteiger partial charge in [0.1, 0.15) is 5.75 Å². The molecule has 0 saturated carbocycles. The number of rotatable bonds is 5. The smallest absolute Gasteiger partial charge is 0.376 e. The van der Waals surface area contributed by atoms with Crippen LogP contribution in [0.2, 0.25) is 0 Å². The normalized spacial score (nSPS) is 14.2. The highest BCUT2D eigenvalue weighted by molar-refractivity contribution is 7.53. The number of benzene rings is 1. The van der Waals surface area contributed by atoms with E-state index in [1.807, 2.05) is 0 Å². The Hall–Kier alpha value is -1.12. The van der Waals surface area contributed by atoms with Gasteiger partial charge in [-0.2, -0.15) is 0 Å². The molecule has 16 heavy (non-hydrogen) atoms. The molecule has 0 heterocycles. The van der Waals surface area contributed by atoms with Crippen molar-refractivity contribution in [2.45, 2.75) is 13.8 Å². The lowest BCUT2D eigenvalue weighted by molar-refractivity contribution is 0.101. The van der Waals surface area contributed by atoms with E-state index < -0.39 is 7.60 Å². The first-order valence-corrected chi connectivity index (χ1v) is 6.96. The van der Waals surface area contributed by atoms with Gasteiger partial charge >= 0.3 is 7.60 Å². The van der Waals surface area contributed by atoms with Crippen molar-refractivity contribution >= 4 is 13.4 Å². The standard InChI is InChI=1S/C11H15O4P/c1-4-14-16(3,13)15-11-7-5-10(6-8-11)9(2)12/h5-8H,4H2,1-3H3. The maximum atomic E-state index is 11.7. The van der Waals surface area contributed by atoms with Gasteiger partial charge in [0.05, 0.1) is 6.61 Å². The van der Waals surface area contributed by atoms with Crippen molar-refractivity contribution in [3.05, 3.63) is 29.8 Å². The zero-order chi connectivity index (χ0) is 12.2. The van der Waals surface area contributed by atoms with Crippen molar-refractivity contribution in [1.82, 2.24) is 0 Å². The molecule has 1 atom stereocenters. The molecule has 0 bridgehead atoms. The van der Waals surface area contributed by atoms with Crippen LogP contribution in [-0.2, 0) is 9.09 Å². The molecular weight excluding hydrogens is 227 g/mol. The molecular formula is C11H15O4P. The second kappa shape index (κ2) is 5.28. The van der Waals surface area contributed by atoms with Gasteiger partial charge in [-0.05, 0) is 38.1 Å². The van der Waals surface area contributed by atoms with Crippen LogP contribution < -0.4 is 4.52 Å². The van der Waals surface area contributed by atoms with Gasteiger partial charge in [-0.3, -0.25) is 4.79 Å². The summed E-state index contributed by atoms with van der Waals surface area (Å²) in [5.74, 6) is 0.417. The van der Waals surface area contributed by atoms with Crippen LogP contribution in [0, 0.1) is 0 Å². The predicted octanol–water partition coefficient (Wildman–Crippen LogP) is 3.13. The van der Waals surface area contributed by atoms with E-state index in [9.17, 15) is 9.36 Å². The van der Waals surface area contributed by atoms with Gasteiger partial charge in [-0.15, -0.1) is 0 Å². The van der Waals surface area contributed by atoms with Gasteiger partial charge in [0.2, 0.25) is 0 Å². The predicted molar refractivity (Wildman–Crippen MR) is 62.2 cm³/mol. The summed E-state index contributed by atoms with van der Waals surface area (Å²) in [6, 6.07) is 6.46. The molecule has 88 valence electrons. The maximum absolute atomic E-state index is 11.7. The molecule has 0 aliphatic carbocycles. The summed E-state index contributed by atoms with van der Waals surface area (Å²) >= 11 is 0. The van der Waals surface area contributed by atoms with Gasteiger partial charge < -0.3 is 9.05 Å². The Morgan fingerprint density at radius 2 is 1.88 bits per heavy atom. The van der Waals surface area contributed by atoms with Crippen LogP contribution in [-0.4, -0.2) is 19.1 Å². The van der Waals surface area contributed by atoms with E-state index in [0.29, 0.717) is 17.9 Å². The third kappa shape index (κ3) is 3.80. The second-order valence-electron chi connectivity index (χ2n) is 3.36.